The van der Waals surface area contributed by atoms with Gasteiger partial charge in [0.15, 0.2) is 0 Å². The monoisotopic (exact) mass is 324 g/mol. The van der Waals surface area contributed by atoms with Crippen LogP contribution in [0.5, 0.6) is 0 Å². The first kappa shape index (κ1) is 16.1. The van der Waals surface area contributed by atoms with Crippen LogP contribution in [0.15, 0.2) is 18.2 Å². The molecule has 1 aromatic carbocycles. The van der Waals surface area contributed by atoms with Gasteiger partial charge in [0.05, 0.1) is 23.8 Å². The molecule has 118 valence electrons. The van der Waals surface area contributed by atoms with Crippen molar-refractivity contribution in [2.45, 2.75) is 0 Å². The highest BCUT2D eigenvalue weighted by Gasteiger charge is 2.20. The Labute approximate surface area is 133 Å². The predicted octanol–water partition coefficient (Wildman–Crippen LogP) is 0.0699. The minimum Gasteiger partial charge on any atom is -0.375 e. The zero-order valence-corrected chi connectivity index (χ0v) is 12.9. The molecular weight excluding hydrogens is 308 g/mol. The fourth-order valence-electron chi connectivity index (χ4n) is 2.08. The molecule has 1 fully saturated rings. The highest BCUT2D eigenvalue weighted by molar-refractivity contribution is 6.33. The van der Waals surface area contributed by atoms with E-state index in [1.165, 1.54) is 11.9 Å². The highest BCUT2D eigenvalue weighted by Crippen LogP contribution is 2.23. The minimum atomic E-state index is -0.237. The Balaban J connectivity index is 2.00. The van der Waals surface area contributed by atoms with Crippen LogP contribution < -0.4 is 16.0 Å². The van der Waals surface area contributed by atoms with Crippen molar-refractivity contribution in [2.75, 3.05) is 38.5 Å². The normalized spacial score (nSPS) is 14.3. The van der Waals surface area contributed by atoms with Crippen LogP contribution in [-0.4, -0.2) is 55.8 Å². The fourth-order valence-corrected chi connectivity index (χ4v) is 2.26. The molecule has 3 N–H and O–H groups in total. The van der Waals surface area contributed by atoms with E-state index in [9.17, 15) is 14.4 Å². The first-order valence-corrected chi connectivity index (χ1v) is 7.19. The summed E-state index contributed by atoms with van der Waals surface area (Å²) in [4.78, 5) is 36.4. The van der Waals surface area contributed by atoms with Crippen LogP contribution >= 0.6 is 11.6 Å². The smallest absolute Gasteiger partial charge is 0.251 e. The van der Waals surface area contributed by atoms with Crippen LogP contribution in [0, 0.1) is 0 Å². The van der Waals surface area contributed by atoms with Crippen molar-refractivity contribution >= 4 is 35.0 Å². The van der Waals surface area contributed by atoms with Gasteiger partial charge in [0.25, 0.3) is 5.91 Å². The average molecular weight is 325 g/mol. The number of hydrogen-bond donors (Lipinski definition) is 3. The summed E-state index contributed by atoms with van der Waals surface area (Å²) >= 11 is 6.05. The summed E-state index contributed by atoms with van der Waals surface area (Å²) in [6, 6.07) is 4.77. The van der Waals surface area contributed by atoms with Crippen molar-refractivity contribution in [3.05, 3.63) is 28.8 Å². The Kier molecular flexibility index (Phi) is 5.21. The average Bonchev–Trinajstić information content (AvgIpc) is 2.53. The number of carbonyl (C=O) groups is 3. The SMILES string of the molecule is CNC(=O)c1ccc(Cl)c(NCC(=O)N2CCNC(=O)C2)c1. The second-order valence-electron chi connectivity index (χ2n) is 4.79. The number of hydrogen-bond acceptors (Lipinski definition) is 4. The van der Waals surface area contributed by atoms with E-state index in [1.54, 1.807) is 18.2 Å². The number of amides is 3. The van der Waals surface area contributed by atoms with Gasteiger partial charge in [-0.05, 0) is 18.2 Å². The summed E-state index contributed by atoms with van der Waals surface area (Å²) in [5.74, 6) is -0.603. The van der Waals surface area contributed by atoms with Crippen LogP contribution in [-0.2, 0) is 9.59 Å². The molecule has 1 saturated heterocycles. The maximum Gasteiger partial charge on any atom is 0.251 e. The molecule has 0 atom stereocenters. The molecule has 0 radical (unpaired) electrons. The predicted molar refractivity (Wildman–Crippen MR) is 82.9 cm³/mol. The zero-order valence-electron chi connectivity index (χ0n) is 12.1. The van der Waals surface area contributed by atoms with Crippen molar-refractivity contribution in [1.82, 2.24) is 15.5 Å². The molecular formula is C14H17ClN4O3. The van der Waals surface area contributed by atoms with Crippen LogP contribution in [0.4, 0.5) is 5.69 Å². The van der Waals surface area contributed by atoms with Gasteiger partial charge in [-0.25, -0.2) is 0 Å². The molecule has 8 heteroatoms. The number of nitrogens with one attached hydrogen (secondary N) is 3. The van der Waals surface area contributed by atoms with Crippen molar-refractivity contribution < 1.29 is 14.4 Å². The van der Waals surface area contributed by atoms with Crippen LogP contribution in [0.2, 0.25) is 5.02 Å². The van der Waals surface area contributed by atoms with E-state index in [-0.39, 0.29) is 30.8 Å². The second kappa shape index (κ2) is 7.13. The van der Waals surface area contributed by atoms with E-state index in [0.717, 1.165) is 0 Å². The van der Waals surface area contributed by atoms with E-state index in [0.29, 0.717) is 29.4 Å². The molecule has 0 spiro atoms. The molecule has 22 heavy (non-hydrogen) atoms. The van der Waals surface area contributed by atoms with Crippen molar-refractivity contribution in [3.63, 3.8) is 0 Å². The number of nitrogens with zero attached hydrogens (tertiary/aromatic N) is 1. The lowest BCUT2D eigenvalue weighted by atomic mass is 10.2. The standard InChI is InChI=1S/C14H17ClN4O3/c1-16-14(22)9-2-3-10(15)11(6-9)18-7-13(21)19-5-4-17-12(20)8-19/h2-3,6,18H,4-5,7-8H2,1H3,(H,16,22)(H,17,20). The van der Waals surface area contributed by atoms with Gasteiger partial charge in [0.1, 0.15) is 0 Å². The van der Waals surface area contributed by atoms with Gasteiger partial charge >= 0.3 is 0 Å². The van der Waals surface area contributed by atoms with Gasteiger partial charge in [-0.15, -0.1) is 0 Å². The number of carbonyl (C=O) groups excluding carboxylic acids is 3. The minimum absolute atomic E-state index is 0.00416. The van der Waals surface area contributed by atoms with Crippen LogP contribution in [0.1, 0.15) is 10.4 Å². The molecule has 2 rings (SSSR count). The quantitative estimate of drug-likeness (QED) is 0.731. The second-order valence-corrected chi connectivity index (χ2v) is 5.20. The summed E-state index contributed by atoms with van der Waals surface area (Å²) in [7, 11) is 1.54. The number of piperazine rings is 1. The summed E-state index contributed by atoms with van der Waals surface area (Å²) < 4.78 is 0. The highest BCUT2D eigenvalue weighted by atomic mass is 35.5. The summed E-state index contributed by atoms with van der Waals surface area (Å²) in [5.41, 5.74) is 0.941. The van der Waals surface area contributed by atoms with Gasteiger partial charge in [-0.3, -0.25) is 14.4 Å². The summed E-state index contributed by atoms with van der Waals surface area (Å²) in [6.45, 7) is 1.01. The lowest BCUT2D eigenvalue weighted by Crippen LogP contribution is -2.51. The van der Waals surface area contributed by atoms with E-state index in [4.69, 9.17) is 11.6 Å². The first-order chi connectivity index (χ1) is 10.5. The molecule has 0 aromatic heterocycles. The fraction of sp³-hybridized carbons (Fsp3) is 0.357. The molecule has 3 amide bonds. The molecule has 1 aromatic rings. The van der Waals surface area contributed by atoms with E-state index < -0.39 is 0 Å². The zero-order chi connectivity index (χ0) is 16.1. The lowest BCUT2D eigenvalue weighted by Gasteiger charge is -2.26. The number of anilines is 1. The third-order valence-electron chi connectivity index (χ3n) is 3.28. The molecule has 0 bridgehead atoms. The van der Waals surface area contributed by atoms with E-state index in [2.05, 4.69) is 16.0 Å². The Morgan fingerprint density at radius 3 is 2.86 bits per heavy atom. The third kappa shape index (κ3) is 3.88. The molecule has 0 saturated carbocycles. The van der Waals surface area contributed by atoms with Gasteiger partial charge in [0.2, 0.25) is 11.8 Å². The molecule has 0 unspecified atom stereocenters. The molecule has 1 heterocycles. The van der Waals surface area contributed by atoms with E-state index in [1.807, 2.05) is 0 Å². The topological polar surface area (TPSA) is 90.5 Å². The summed E-state index contributed by atoms with van der Waals surface area (Å²) in [6.07, 6.45) is 0. The Hall–Kier alpha value is -2.28. The van der Waals surface area contributed by atoms with Crippen LogP contribution in [0.3, 0.4) is 0 Å². The van der Waals surface area contributed by atoms with Gasteiger partial charge in [0, 0.05) is 25.7 Å². The first-order valence-electron chi connectivity index (χ1n) is 6.81. The maximum atomic E-state index is 12.1. The third-order valence-corrected chi connectivity index (χ3v) is 3.61. The van der Waals surface area contributed by atoms with Crippen molar-refractivity contribution in [1.29, 1.82) is 0 Å². The van der Waals surface area contributed by atoms with Gasteiger partial charge < -0.3 is 20.9 Å². The molecule has 7 nitrogen and oxygen atoms in total. The largest absolute Gasteiger partial charge is 0.375 e. The molecule has 1 aliphatic heterocycles. The Morgan fingerprint density at radius 2 is 2.18 bits per heavy atom. The molecule has 1 aliphatic rings. The van der Waals surface area contributed by atoms with E-state index >= 15 is 0 Å². The molecule has 0 aliphatic carbocycles. The Morgan fingerprint density at radius 1 is 1.41 bits per heavy atom. The maximum absolute atomic E-state index is 12.1. The van der Waals surface area contributed by atoms with Crippen LogP contribution in [0.25, 0.3) is 0 Å². The van der Waals surface area contributed by atoms with Gasteiger partial charge in [-0.2, -0.15) is 0 Å². The number of benzene rings is 1. The number of rotatable bonds is 4. The summed E-state index contributed by atoms with van der Waals surface area (Å²) in [5, 5.41) is 8.50. The number of halogens is 1. The van der Waals surface area contributed by atoms with Gasteiger partial charge in [-0.1, -0.05) is 11.6 Å². The van der Waals surface area contributed by atoms with Crippen molar-refractivity contribution in [3.8, 4) is 0 Å². The lowest BCUT2D eigenvalue weighted by molar-refractivity contribution is -0.136. The Bertz CT molecular complexity index is 606. The van der Waals surface area contributed by atoms with Crippen molar-refractivity contribution in [2.24, 2.45) is 0 Å².